The van der Waals surface area contributed by atoms with Gasteiger partial charge in [-0.15, -0.1) is 0 Å². The van der Waals surface area contributed by atoms with Gasteiger partial charge in [-0.05, 0) is 39.8 Å². The SMILES string of the molecule is C=COC(=O)c1ccccc1.CC[N+](CC)(CC)CC. The molecule has 3 nitrogen and oxygen atoms in total. The molecule has 1 rings (SSSR count). The third kappa shape index (κ3) is 6.02. The Labute approximate surface area is 123 Å². The average Bonchev–Trinajstić information content (AvgIpc) is 2.52. The Balaban J connectivity index is 0.000000370. The second-order valence-corrected chi connectivity index (χ2v) is 4.54. The molecule has 112 valence electrons. The molecule has 0 saturated heterocycles. The molecular weight excluding hydrogens is 250 g/mol. The molecule has 0 amide bonds. The molecular formula is C17H28NO2+. The fourth-order valence-corrected chi connectivity index (χ4v) is 2.06. The number of hydrogen-bond donors (Lipinski definition) is 0. The number of esters is 1. The minimum absolute atomic E-state index is 0.374. The van der Waals surface area contributed by atoms with Crippen LogP contribution in [0.3, 0.4) is 0 Å². The van der Waals surface area contributed by atoms with E-state index in [1.165, 1.54) is 30.7 Å². The van der Waals surface area contributed by atoms with Gasteiger partial charge in [-0.3, -0.25) is 0 Å². The van der Waals surface area contributed by atoms with Crippen molar-refractivity contribution in [3.63, 3.8) is 0 Å². The lowest BCUT2D eigenvalue weighted by Crippen LogP contribution is -2.47. The van der Waals surface area contributed by atoms with Crippen molar-refractivity contribution in [2.75, 3.05) is 26.2 Å². The van der Waals surface area contributed by atoms with Crippen LogP contribution in [0.2, 0.25) is 0 Å². The fourth-order valence-electron chi connectivity index (χ4n) is 2.06. The van der Waals surface area contributed by atoms with Gasteiger partial charge in [0.2, 0.25) is 0 Å². The second kappa shape index (κ2) is 10.2. The Morgan fingerprint density at radius 2 is 1.50 bits per heavy atom. The molecule has 1 aromatic carbocycles. The monoisotopic (exact) mass is 278 g/mol. The smallest absolute Gasteiger partial charge is 0.342 e. The molecule has 0 aliphatic heterocycles. The van der Waals surface area contributed by atoms with Crippen LogP contribution >= 0.6 is 0 Å². The van der Waals surface area contributed by atoms with E-state index in [0.29, 0.717) is 5.56 Å². The average molecular weight is 278 g/mol. The summed E-state index contributed by atoms with van der Waals surface area (Å²) in [6, 6.07) is 8.77. The van der Waals surface area contributed by atoms with E-state index in [1.54, 1.807) is 24.3 Å². The van der Waals surface area contributed by atoms with Gasteiger partial charge in [0.05, 0.1) is 38.0 Å². The summed E-state index contributed by atoms with van der Waals surface area (Å²) in [6.45, 7) is 17.5. The largest absolute Gasteiger partial charge is 0.432 e. The normalized spacial score (nSPS) is 10.2. The van der Waals surface area contributed by atoms with Crippen LogP contribution < -0.4 is 0 Å². The summed E-state index contributed by atoms with van der Waals surface area (Å²) in [5.74, 6) is -0.374. The summed E-state index contributed by atoms with van der Waals surface area (Å²) in [6.07, 6.45) is 1.12. The molecule has 0 N–H and O–H groups in total. The van der Waals surface area contributed by atoms with Crippen molar-refractivity contribution in [2.45, 2.75) is 27.7 Å². The van der Waals surface area contributed by atoms with Crippen molar-refractivity contribution in [3.05, 3.63) is 48.7 Å². The molecule has 0 aliphatic rings. The topological polar surface area (TPSA) is 26.3 Å². The Kier molecular flexibility index (Phi) is 9.39. The molecule has 0 radical (unpaired) electrons. The molecule has 0 aromatic heterocycles. The Morgan fingerprint density at radius 3 is 1.80 bits per heavy atom. The van der Waals surface area contributed by atoms with Crippen molar-refractivity contribution >= 4 is 5.97 Å². The lowest BCUT2D eigenvalue weighted by molar-refractivity contribution is -0.921. The summed E-state index contributed by atoms with van der Waals surface area (Å²) in [5.41, 5.74) is 0.535. The van der Waals surface area contributed by atoms with Gasteiger partial charge < -0.3 is 9.22 Å². The highest BCUT2D eigenvalue weighted by molar-refractivity contribution is 5.89. The van der Waals surface area contributed by atoms with Crippen LogP contribution in [0.4, 0.5) is 0 Å². The number of quaternary nitrogens is 1. The van der Waals surface area contributed by atoms with Crippen LogP contribution in [0, 0.1) is 0 Å². The van der Waals surface area contributed by atoms with Gasteiger partial charge in [0.15, 0.2) is 0 Å². The van der Waals surface area contributed by atoms with Gasteiger partial charge in [-0.1, -0.05) is 24.8 Å². The highest BCUT2D eigenvalue weighted by atomic mass is 16.5. The highest BCUT2D eigenvalue weighted by Crippen LogP contribution is 2.03. The maximum atomic E-state index is 11.0. The molecule has 0 fully saturated rings. The van der Waals surface area contributed by atoms with E-state index in [9.17, 15) is 4.79 Å². The quantitative estimate of drug-likeness (QED) is 0.448. The molecule has 20 heavy (non-hydrogen) atoms. The first-order valence-electron chi connectivity index (χ1n) is 7.31. The first-order chi connectivity index (χ1) is 9.59. The van der Waals surface area contributed by atoms with E-state index < -0.39 is 0 Å². The third-order valence-electron chi connectivity index (χ3n) is 3.88. The molecule has 0 unspecified atom stereocenters. The molecule has 0 heterocycles. The number of carbonyl (C=O) groups excluding carboxylic acids is 1. The van der Waals surface area contributed by atoms with E-state index in [1.807, 2.05) is 6.07 Å². The molecule has 0 aliphatic carbocycles. The summed E-state index contributed by atoms with van der Waals surface area (Å²) in [4.78, 5) is 11.0. The number of hydrogen-bond acceptors (Lipinski definition) is 2. The van der Waals surface area contributed by atoms with Crippen molar-refractivity contribution in [1.29, 1.82) is 0 Å². The minimum Gasteiger partial charge on any atom is -0.432 e. The van der Waals surface area contributed by atoms with Crippen LogP contribution in [0.1, 0.15) is 38.1 Å². The van der Waals surface area contributed by atoms with E-state index in [-0.39, 0.29) is 5.97 Å². The number of carbonyl (C=O) groups is 1. The van der Waals surface area contributed by atoms with Crippen LogP contribution in [0.25, 0.3) is 0 Å². The summed E-state index contributed by atoms with van der Waals surface area (Å²) < 4.78 is 5.83. The Morgan fingerprint density at radius 1 is 1.05 bits per heavy atom. The second-order valence-electron chi connectivity index (χ2n) is 4.54. The van der Waals surface area contributed by atoms with Gasteiger partial charge in [0, 0.05) is 0 Å². The lowest BCUT2D eigenvalue weighted by atomic mass is 10.2. The van der Waals surface area contributed by atoms with Gasteiger partial charge in [0.25, 0.3) is 0 Å². The Hall–Kier alpha value is -1.61. The first kappa shape index (κ1) is 18.4. The first-order valence-corrected chi connectivity index (χ1v) is 7.31. The maximum absolute atomic E-state index is 11.0. The van der Waals surface area contributed by atoms with Crippen molar-refractivity contribution in [2.24, 2.45) is 0 Å². The van der Waals surface area contributed by atoms with E-state index in [0.717, 1.165) is 6.26 Å². The van der Waals surface area contributed by atoms with Crippen molar-refractivity contribution in [3.8, 4) is 0 Å². The number of benzene rings is 1. The van der Waals surface area contributed by atoms with Gasteiger partial charge in [-0.2, -0.15) is 0 Å². The van der Waals surface area contributed by atoms with E-state index in [2.05, 4.69) is 39.0 Å². The zero-order valence-electron chi connectivity index (χ0n) is 13.3. The molecule has 3 heteroatoms. The van der Waals surface area contributed by atoms with Gasteiger partial charge in [0.1, 0.15) is 0 Å². The van der Waals surface area contributed by atoms with Crippen molar-refractivity contribution in [1.82, 2.24) is 0 Å². The summed E-state index contributed by atoms with van der Waals surface area (Å²) in [5, 5.41) is 0. The maximum Gasteiger partial charge on any atom is 0.342 e. The number of rotatable bonds is 6. The fraction of sp³-hybridized carbons (Fsp3) is 0.471. The molecule has 0 bridgehead atoms. The molecule has 1 aromatic rings. The molecule has 0 atom stereocenters. The van der Waals surface area contributed by atoms with Crippen LogP contribution in [0.5, 0.6) is 0 Å². The highest BCUT2D eigenvalue weighted by Gasteiger charge is 2.16. The van der Waals surface area contributed by atoms with Gasteiger partial charge >= 0.3 is 5.97 Å². The predicted molar refractivity (Wildman–Crippen MR) is 84.5 cm³/mol. The van der Waals surface area contributed by atoms with E-state index >= 15 is 0 Å². The number of ether oxygens (including phenoxy) is 1. The molecule has 0 spiro atoms. The van der Waals surface area contributed by atoms with Gasteiger partial charge in [-0.25, -0.2) is 4.79 Å². The van der Waals surface area contributed by atoms with Crippen molar-refractivity contribution < 1.29 is 14.0 Å². The van der Waals surface area contributed by atoms with E-state index in [4.69, 9.17) is 0 Å². The number of nitrogens with zero attached hydrogens (tertiary/aromatic N) is 1. The van der Waals surface area contributed by atoms with Crippen LogP contribution in [-0.4, -0.2) is 36.6 Å². The third-order valence-corrected chi connectivity index (χ3v) is 3.88. The predicted octanol–water partition coefficient (Wildman–Crippen LogP) is 3.87. The standard InChI is InChI=1S/C9H8O2.C8H20N/c1-2-11-9(10)8-6-4-3-5-7-8;1-5-9(6-2,7-3)8-4/h2-7H,1H2;5-8H2,1-4H3/q;+1. The zero-order chi connectivity index (χ0) is 15.4. The molecule has 0 saturated carbocycles. The summed E-state index contributed by atoms with van der Waals surface area (Å²) >= 11 is 0. The lowest BCUT2D eigenvalue weighted by Gasteiger charge is -2.34. The summed E-state index contributed by atoms with van der Waals surface area (Å²) in [7, 11) is 0. The van der Waals surface area contributed by atoms with Crippen LogP contribution in [-0.2, 0) is 4.74 Å². The minimum atomic E-state index is -0.374. The van der Waals surface area contributed by atoms with Crippen LogP contribution in [0.15, 0.2) is 43.2 Å². The Bertz CT molecular complexity index is 366. The zero-order valence-corrected chi connectivity index (χ0v) is 13.3.